The second kappa shape index (κ2) is 7.84. The van der Waals surface area contributed by atoms with E-state index >= 15 is 0 Å². The number of hydrogen-bond acceptors (Lipinski definition) is 5. The van der Waals surface area contributed by atoms with E-state index in [1.807, 2.05) is 50.4 Å². The molecule has 0 spiro atoms. The molecule has 1 atom stereocenters. The maximum absolute atomic E-state index is 12.8. The van der Waals surface area contributed by atoms with Crippen LogP contribution in [0.2, 0.25) is 0 Å². The van der Waals surface area contributed by atoms with Gasteiger partial charge >= 0.3 is 6.03 Å². The first-order valence-electron chi connectivity index (χ1n) is 9.62. The van der Waals surface area contributed by atoms with Gasteiger partial charge in [-0.05, 0) is 44.4 Å². The summed E-state index contributed by atoms with van der Waals surface area (Å²) in [6, 6.07) is 9.43. The van der Waals surface area contributed by atoms with Crippen LogP contribution in [0, 0.1) is 0 Å². The first kappa shape index (κ1) is 18.2. The van der Waals surface area contributed by atoms with E-state index in [0.29, 0.717) is 30.7 Å². The van der Waals surface area contributed by atoms with E-state index in [0.717, 1.165) is 24.1 Å². The van der Waals surface area contributed by atoms with Crippen molar-refractivity contribution < 1.29 is 9.32 Å². The Bertz CT molecular complexity index is 932. The topological polar surface area (TPSA) is 89.1 Å². The van der Waals surface area contributed by atoms with Gasteiger partial charge < -0.3 is 14.7 Å². The van der Waals surface area contributed by atoms with Gasteiger partial charge in [0.15, 0.2) is 5.82 Å². The molecule has 1 aliphatic carbocycles. The van der Waals surface area contributed by atoms with Crippen LogP contribution in [0.25, 0.3) is 5.69 Å². The molecule has 0 unspecified atom stereocenters. The Kier molecular flexibility index (Phi) is 5.10. The van der Waals surface area contributed by atoms with Crippen molar-refractivity contribution in [2.75, 3.05) is 6.54 Å². The Morgan fingerprint density at radius 2 is 2.18 bits per heavy atom. The van der Waals surface area contributed by atoms with E-state index in [1.165, 1.54) is 0 Å². The number of hydrogen-bond donors (Lipinski definition) is 1. The van der Waals surface area contributed by atoms with Crippen molar-refractivity contribution in [3.63, 3.8) is 0 Å². The molecule has 2 heterocycles. The van der Waals surface area contributed by atoms with E-state index in [9.17, 15) is 4.79 Å². The third kappa shape index (κ3) is 3.90. The molecule has 0 bridgehead atoms. The lowest BCUT2D eigenvalue weighted by atomic mass is 10.1. The fourth-order valence-electron chi connectivity index (χ4n) is 3.15. The smallest absolute Gasteiger partial charge is 0.318 e. The zero-order valence-electron chi connectivity index (χ0n) is 16.1. The van der Waals surface area contributed by atoms with Crippen molar-refractivity contribution in [2.45, 2.75) is 45.2 Å². The first-order chi connectivity index (χ1) is 13.7. The van der Waals surface area contributed by atoms with E-state index in [-0.39, 0.29) is 12.1 Å². The van der Waals surface area contributed by atoms with E-state index in [1.54, 1.807) is 15.8 Å². The van der Waals surface area contributed by atoms with Gasteiger partial charge in [-0.1, -0.05) is 23.4 Å². The van der Waals surface area contributed by atoms with Crippen molar-refractivity contribution in [3.8, 4) is 5.69 Å². The average molecular weight is 380 g/mol. The molecule has 1 N–H and O–H groups in total. The first-order valence-corrected chi connectivity index (χ1v) is 9.62. The second-order valence-corrected chi connectivity index (χ2v) is 7.02. The number of nitrogens with zero attached hydrogens (tertiary/aromatic N) is 5. The largest absolute Gasteiger partial charge is 0.339 e. The third-order valence-corrected chi connectivity index (χ3v) is 4.91. The summed E-state index contributed by atoms with van der Waals surface area (Å²) in [6.45, 7) is 4.77. The number of aromatic nitrogens is 4. The molecule has 146 valence electrons. The summed E-state index contributed by atoms with van der Waals surface area (Å²) >= 11 is 0. The quantitative estimate of drug-likeness (QED) is 0.678. The van der Waals surface area contributed by atoms with Crippen molar-refractivity contribution in [3.05, 3.63) is 60.0 Å². The third-order valence-electron chi connectivity index (χ3n) is 4.91. The number of para-hydroxylation sites is 1. The Morgan fingerprint density at radius 1 is 1.36 bits per heavy atom. The Hall–Kier alpha value is -3.16. The minimum absolute atomic E-state index is 0.164. The van der Waals surface area contributed by atoms with Crippen molar-refractivity contribution >= 4 is 6.03 Å². The van der Waals surface area contributed by atoms with Gasteiger partial charge in [0.1, 0.15) is 0 Å². The van der Waals surface area contributed by atoms with Gasteiger partial charge in [0.2, 0.25) is 5.89 Å². The SMILES string of the molecule is CCN(Cc1noc(C2CC2)n1)C(=O)N[C@@H](C)c1ccccc1-n1cccn1. The van der Waals surface area contributed by atoms with Gasteiger partial charge in [-0.3, -0.25) is 0 Å². The molecular formula is C20H24N6O2. The predicted octanol–water partition coefficient (Wildman–Crippen LogP) is 3.43. The highest BCUT2D eigenvalue weighted by molar-refractivity contribution is 5.74. The zero-order valence-corrected chi connectivity index (χ0v) is 16.1. The van der Waals surface area contributed by atoms with Crippen LogP contribution < -0.4 is 5.32 Å². The van der Waals surface area contributed by atoms with Crippen LogP contribution >= 0.6 is 0 Å². The zero-order chi connectivity index (χ0) is 19.5. The summed E-state index contributed by atoms with van der Waals surface area (Å²) in [6.07, 6.45) is 5.83. The predicted molar refractivity (Wildman–Crippen MR) is 103 cm³/mol. The van der Waals surface area contributed by atoms with Crippen molar-refractivity contribution in [1.82, 2.24) is 30.1 Å². The Balaban J connectivity index is 1.44. The van der Waals surface area contributed by atoms with Crippen LogP contribution in [0.4, 0.5) is 4.79 Å². The molecule has 28 heavy (non-hydrogen) atoms. The molecule has 2 aromatic heterocycles. The molecule has 3 aromatic rings. The number of benzene rings is 1. The fourth-order valence-corrected chi connectivity index (χ4v) is 3.15. The highest BCUT2D eigenvalue weighted by Gasteiger charge is 2.30. The molecule has 8 heteroatoms. The molecule has 2 amide bonds. The van der Waals surface area contributed by atoms with Gasteiger partial charge in [0, 0.05) is 24.9 Å². The van der Waals surface area contributed by atoms with Crippen LogP contribution in [0.5, 0.6) is 0 Å². The summed E-state index contributed by atoms with van der Waals surface area (Å²) in [5.41, 5.74) is 1.93. The van der Waals surface area contributed by atoms with Crippen molar-refractivity contribution in [1.29, 1.82) is 0 Å². The molecule has 1 aliphatic rings. The van der Waals surface area contributed by atoms with Gasteiger partial charge in [-0.25, -0.2) is 9.48 Å². The number of rotatable bonds is 7. The Labute approximate surface area is 163 Å². The van der Waals surface area contributed by atoms with Crippen LogP contribution in [0.3, 0.4) is 0 Å². The molecule has 0 aliphatic heterocycles. The number of carbonyl (C=O) groups is 1. The van der Waals surface area contributed by atoms with Gasteiger partial charge in [0.05, 0.1) is 18.3 Å². The van der Waals surface area contributed by atoms with Crippen molar-refractivity contribution in [2.24, 2.45) is 0 Å². The van der Waals surface area contributed by atoms with Gasteiger partial charge in [-0.2, -0.15) is 10.1 Å². The lowest BCUT2D eigenvalue weighted by Crippen LogP contribution is -2.40. The summed E-state index contributed by atoms with van der Waals surface area (Å²) < 4.78 is 7.09. The lowest BCUT2D eigenvalue weighted by molar-refractivity contribution is 0.192. The van der Waals surface area contributed by atoms with Crippen LogP contribution in [-0.2, 0) is 6.54 Å². The summed E-state index contributed by atoms with van der Waals surface area (Å²) in [5, 5.41) is 11.4. The number of carbonyl (C=O) groups excluding carboxylic acids is 1. The maximum Gasteiger partial charge on any atom is 0.318 e. The number of nitrogens with one attached hydrogen (secondary N) is 1. The maximum atomic E-state index is 12.8. The number of urea groups is 1. The fraction of sp³-hybridized carbons (Fsp3) is 0.400. The van der Waals surface area contributed by atoms with Crippen LogP contribution in [-0.4, -0.2) is 37.4 Å². The minimum atomic E-state index is -0.186. The molecule has 0 radical (unpaired) electrons. The van der Waals surface area contributed by atoms with E-state index in [4.69, 9.17) is 4.52 Å². The molecule has 4 rings (SSSR count). The molecule has 1 aromatic carbocycles. The monoisotopic (exact) mass is 380 g/mol. The molecule has 0 saturated heterocycles. The summed E-state index contributed by atoms with van der Waals surface area (Å²) in [4.78, 5) is 18.9. The van der Waals surface area contributed by atoms with Crippen LogP contribution in [0.1, 0.15) is 55.9 Å². The van der Waals surface area contributed by atoms with Crippen LogP contribution in [0.15, 0.2) is 47.2 Å². The molecular weight excluding hydrogens is 356 g/mol. The normalized spacial score (nSPS) is 14.6. The van der Waals surface area contributed by atoms with E-state index in [2.05, 4.69) is 20.6 Å². The molecule has 1 fully saturated rings. The molecule has 1 saturated carbocycles. The average Bonchev–Trinajstić information content (AvgIpc) is 3.22. The number of amides is 2. The Morgan fingerprint density at radius 3 is 2.89 bits per heavy atom. The highest BCUT2D eigenvalue weighted by Crippen LogP contribution is 2.38. The second-order valence-electron chi connectivity index (χ2n) is 7.02. The van der Waals surface area contributed by atoms with Gasteiger partial charge in [-0.15, -0.1) is 0 Å². The van der Waals surface area contributed by atoms with E-state index < -0.39 is 0 Å². The minimum Gasteiger partial charge on any atom is -0.339 e. The standard InChI is InChI=1S/C20H24N6O2/c1-3-25(13-18-23-19(28-24-18)15-9-10-15)20(27)22-14(2)16-7-4-5-8-17(16)26-12-6-11-21-26/h4-8,11-12,14-15H,3,9-10,13H2,1-2H3,(H,22,27)/t14-/m0/s1. The highest BCUT2D eigenvalue weighted by atomic mass is 16.5. The lowest BCUT2D eigenvalue weighted by Gasteiger charge is -2.24. The van der Waals surface area contributed by atoms with Gasteiger partial charge in [0.25, 0.3) is 0 Å². The summed E-state index contributed by atoms with van der Waals surface area (Å²) in [7, 11) is 0. The molecule has 8 nitrogen and oxygen atoms in total. The summed E-state index contributed by atoms with van der Waals surface area (Å²) in [5.74, 6) is 1.64.